The number of nitrogens with one attached hydrogen (secondary N) is 1. The fraction of sp³-hybridized carbons (Fsp3) is 0.357. The molecular weight excluding hydrogens is 210 g/mol. The van der Waals surface area contributed by atoms with Gasteiger partial charge in [0.15, 0.2) is 0 Å². The molecule has 17 heavy (non-hydrogen) atoms. The van der Waals surface area contributed by atoms with Gasteiger partial charge < -0.3 is 0 Å². The zero-order chi connectivity index (χ0) is 12.3. The SMILES string of the molecule is CC(C)CC(NN)c1cncc2ccccc12. The Balaban J connectivity index is 2.46. The highest BCUT2D eigenvalue weighted by atomic mass is 15.2. The smallest absolute Gasteiger partial charge is 0.0483 e. The van der Waals surface area contributed by atoms with Gasteiger partial charge in [0.05, 0.1) is 0 Å². The van der Waals surface area contributed by atoms with Crippen LogP contribution in [-0.4, -0.2) is 4.98 Å². The molecule has 1 aromatic heterocycles. The molecule has 0 aliphatic heterocycles. The topological polar surface area (TPSA) is 50.9 Å². The zero-order valence-corrected chi connectivity index (χ0v) is 10.4. The molecule has 0 amide bonds. The molecule has 0 aliphatic carbocycles. The first kappa shape index (κ1) is 12.0. The lowest BCUT2D eigenvalue weighted by Gasteiger charge is -2.19. The van der Waals surface area contributed by atoms with Gasteiger partial charge in [-0.2, -0.15) is 0 Å². The second-order valence-corrected chi connectivity index (χ2v) is 4.80. The van der Waals surface area contributed by atoms with Crippen molar-refractivity contribution in [3.8, 4) is 0 Å². The van der Waals surface area contributed by atoms with Gasteiger partial charge >= 0.3 is 0 Å². The van der Waals surface area contributed by atoms with E-state index in [0.717, 1.165) is 11.8 Å². The third-order valence-electron chi connectivity index (χ3n) is 2.98. The number of rotatable bonds is 4. The highest BCUT2D eigenvalue weighted by Crippen LogP contribution is 2.26. The molecule has 0 bridgehead atoms. The second-order valence-electron chi connectivity index (χ2n) is 4.80. The largest absolute Gasteiger partial charge is 0.271 e. The molecule has 0 fully saturated rings. The van der Waals surface area contributed by atoms with Crippen molar-refractivity contribution in [3.63, 3.8) is 0 Å². The van der Waals surface area contributed by atoms with Gasteiger partial charge in [-0.3, -0.25) is 16.3 Å². The Morgan fingerprint density at radius 3 is 2.71 bits per heavy atom. The van der Waals surface area contributed by atoms with E-state index in [1.165, 1.54) is 10.9 Å². The maximum Gasteiger partial charge on any atom is 0.0483 e. The maximum absolute atomic E-state index is 5.67. The van der Waals surface area contributed by atoms with Crippen LogP contribution in [0.5, 0.6) is 0 Å². The van der Waals surface area contributed by atoms with Gasteiger partial charge in [-0.25, -0.2) is 0 Å². The van der Waals surface area contributed by atoms with E-state index in [1.54, 1.807) is 0 Å². The Labute approximate surface area is 102 Å². The normalized spacial score (nSPS) is 13.2. The van der Waals surface area contributed by atoms with Gasteiger partial charge in [-0.05, 0) is 23.3 Å². The van der Waals surface area contributed by atoms with Crippen molar-refractivity contribution < 1.29 is 0 Å². The second kappa shape index (κ2) is 5.25. The predicted molar refractivity (Wildman–Crippen MR) is 71.3 cm³/mol. The molecule has 1 unspecified atom stereocenters. The number of pyridine rings is 1. The van der Waals surface area contributed by atoms with Gasteiger partial charge in [-0.15, -0.1) is 0 Å². The van der Waals surface area contributed by atoms with E-state index in [0.29, 0.717) is 5.92 Å². The number of nitrogens with two attached hydrogens (primary N) is 1. The van der Waals surface area contributed by atoms with Crippen LogP contribution in [0.25, 0.3) is 10.8 Å². The Hall–Kier alpha value is -1.45. The fourth-order valence-electron chi connectivity index (χ4n) is 2.17. The molecule has 2 aromatic rings. The summed E-state index contributed by atoms with van der Waals surface area (Å²) in [6.45, 7) is 4.39. The fourth-order valence-corrected chi connectivity index (χ4v) is 2.17. The molecule has 0 aliphatic rings. The van der Waals surface area contributed by atoms with E-state index in [1.807, 2.05) is 18.5 Å². The average Bonchev–Trinajstić information content (AvgIpc) is 2.35. The van der Waals surface area contributed by atoms with Crippen molar-refractivity contribution in [1.29, 1.82) is 0 Å². The van der Waals surface area contributed by atoms with Crippen molar-refractivity contribution in [2.24, 2.45) is 11.8 Å². The molecule has 0 saturated carbocycles. The summed E-state index contributed by atoms with van der Waals surface area (Å²) in [5, 5.41) is 2.39. The molecule has 3 N–H and O–H groups in total. The molecule has 1 heterocycles. The van der Waals surface area contributed by atoms with Gasteiger partial charge in [0.2, 0.25) is 0 Å². The van der Waals surface area contributed by atoms with Crippen LogP contribution in [0.1, 0.15) is 31.9 Å². The monoisotopic (exact) mass is 229 g/mol. The minimum Gasteiger partial charge on any atom is -0.271 e. The first-order chi connectivity index (χ1) is 8.22. The lowest BCUT2D eigenvalue weighted by molar-refractivity contribution is 0.439. The molecule has 2 rings (SSSR count). The molecule has 90 valence electrons. The molecule has 1 aromatic carbocycles. The van der Waals surface area contributed by atoms with E-state index in [4.69, 9.17) is 5.84 Å². The van der Waals surface area contributed by atoms with Crippen molar-refractivity contribution in [1.82, 2.24) is 10.4 Å². The third-order valence-corrected chi connectivity index (χ3v) is 2.98. The van der Waals surface area contributed by atoms with E-state index in [-0.39, 0.29) is 6.04 Å². The van der Waals surface area contributed by atoms with Crippen molar-refractivity contribution in [2.75, 3.05) is 0 Å². The summed E-state index contributed by atoms with van der Waals surface area (Å²) in [6, 6.07) is 8.44. The van der Waals surface area contributed by atoms with E-state index < -0.39 is 0 Å². The quantitative estimate of drug-likeness (QED) is 0.626. The van der Waals surface area contributed by atoms with Gasteiger partial charge in [-0.1, -0.05) is 38.1 Å². The highest BCUT2D eigenvalue weighted by Gasteiger charge is 2.14. The average molecular weight is 229 g/mol. The number of benzene rings is 1. The Morgan fingerprint density at radius 2 is 2.00 bits per heavy atom. The summed E-state index contributed by atoms with van der Waals surface area (Å²) in [5.74, 6) is 6.26. The number of nitrogens with zero attached hydrogens (tertiary/aromatic N) is 1. The zero-order valence-electron chi connectivity index (χ0n) is 10.4. The molecular formula is C14H19N3. The van der Waals surface area contributed by atoms with Crippen molar-refractivity contribution in [2.45, 2.75) is 26.3 Å². The number of aromatic nitrogens is 1. The maximum atomic E-state index is 5.67. The Morgan fingerprint density at radius 1 is 1.24 bits per heavy atom. The standard InChI is InChI=1S/C14H19N3/c1-10(2)7-14(17-15)13-9-16-8-11-5-3-4-6-12(11)13/h3-6,8-10,14,17H,7,15H2,1-2H3. The first-order valence-corrected chi connectivity index (χ1v) is 6.01. The molecule has 3 nitrogen and oxygen atoms in total. The lowest BCUT2D eigenvalue weighted by Crippen LogP contribution is -2.29. The summed E-state index contributed by atoms with van der Waals surface area (Å²) in [6.07, 6.45) is 4.81. The molecule has 0 spiro atoms. The van der Waals surface area contributed by atoms with Crippen LogP contribution < -0.4 is 11.3 Å². The predicted octanol–water partition coefficient (Wildman–Crippen LogP) is 2.79. The lowest BCUT2D eigenvalue weighted by atomic mass is 9.95. The van der Waals surface area contributed by atoms with Gasteiger partial charge in [0, 0.05) is 23.8 Å². The third kappa shape index (κ3) is 2.62. The number of hydrogen-bond acceptors (Lipinski definition) is 3. The minimum atomic E-state index is 0.161. The van der Waals surface area contributed by atoms with Crippen LogP contribution in [0, 0.1) is 5.92 Å². The molecule has 1 atom stereocenters. The van der Waals surface area contributed by atoms with Crippen LogP contribution >= 0.6 is 0 Å². The number of fused-ring (bicyclic) bond motifs is 1. The van der Waals surface area contributed by atoms with Gasteiger partial charge in [0.1, 0.15) is 0 Å². The Kier molecular flexibility index (Phi) is 3.71. The van der Waals surface area contributed by atoms with E-state index >= 15 is 0 Å². The van der Waals surface area contributed by atoms with Crippen LogP contribution in [-0.2, 0) is 0 Å². The van der Waals surface area contributed by atoms with Crippen LogP contribution in [0.4, 0.5) is 0 Å². The molecule has 0 saturated heterocycles. The summed E-state index contributed by atoms with van der Waals surface area (Å²) in [5.41, 5.74) is 4.08. The van der Waals surface area contributed by atoms with Crippen molar-refractivity contribution in [3.05, 3.63) is 42.2 Å². The Bertz CT molecular complexity index is 488. The summed E-state index contributed by atoms with van der Waals surface area (Å²) in [7, 11) is 0. The molecule has 3 heteroatoms. The van der Waals surface area contributed by atoms with E-state index in [9.17, 15) is 0 Å². The van der Waals surface area contributed by atoms with Crippen LogP contribution in [0.3, 0.4) is 0 Å². The highest BCUT2D eigenvalue weighted by molar-refractivity contribution is 5.85. The van der Waals surface area contributed by atoms with Gasteiger partial charge in [0.25, 0.3) is 0 Å². The summed E-state index contributed by atoms with van der Waals surface area (Å²) >= 11 is 0. The first-order valence-electron chi connectivity index (χ1n) is 6.01. The van der Waals surface area contributed by atoms with Crippen molar-refractivity contribution >= 4 is 10.8 Å². The minimum absolute atomic E-state index is 0.161. The number of hydrazine groups is 1. The summed E-state index contributed by atoms with van der Waals surface area (Å²) in [4.78, 5) is 4.29. The molecule has 0 radical (unpaired) electrons. The number of hydrogen-bond donors (Lipinski definition) is 2. The van der Waals surface area contributed by atoms with Crippen LogP contribution in [0.15, 0.2) is 36.7 Å². The summed E-state index contributed by atoms with van der Waals surface area (Å²) < 4.78 is 0. The van der Waals surface area contributed by atoms with Crippen LogP contribution in [0.2, 0.25) is 0 Å². The van der Waals surface area contributed by atoms with E-state index in [2.05, 4.69) is 42.5 Å².